The third kappa shape index (κ3) is 5.36. The molecule has 0 radical (unpaired) electrons. The molecule has 2 heterocycles. The number of aliphatic hydroxyl groups excluding tert-OH is 1. The summed E-state index contributed by atoms with van der Waals surface area (Å²) in [5.41, 5.74) is 0.0751. The number of morpholine rings is 1. The van der Waals surface area contributed by atoms with Crippen LogP contribution in [0.1, 0.15) is 25.3 Å². The lowest BCUT2D eigenvalue weighted by molar-refractivity contribution is -0.215. The molecule has 1 aromatic carbocycles. The average Bonchev–Trinajstić information content (AvgIpc) is 2.77. The summed E-state index contributed by atoms with van der Waals surface area (Å²) in [7, 11) is -3.74. The van der Waals surface area contributed by atoms with Gasteiger partial charge in [0.25, 0.3) is 0 Å². The van der Waals surface area contributed by atoms with E-state index in [1.54, 1.807) is 18.2 Å². The number of rotatable bonds is 5. The van der Waals surface area contributed by atoms with E-state index in [1.807, 2.05) is 13.0 Å². The number of sulfonamides is 1. The van der Waals surface area contributed by atoms with Gasteiger partial charge in [-0.25, -0.2) is 13.2 Å². The molecule has 0 unspecified atom stereocenters. The number of piperidine rings is 1. The van der Waals surface area contributed by atoms with E-state index in [-0.39, 0.29) is 50.5 Å². The van der Waals surface area contributed by atoms with Gasteiger partial charge in [-0.3, -0.25) is 0 Å². The number of hydrogen-bond donors (Lipinski definition) is 1. The highest BCUT2D eigenvalue weighted by Crippen LogP contribution is 2.33. The van der Waals surface area contributed by atoms with Crippen molar-refractivity contribution in [2.24, 2.45) is 0 Å². The summed E-state index contributed by atoms with van der Waals surface area (Å²) in [6, 6.07) is 6.75. The fraction of sp³-hybridized carbons (Fsp3) is 0.650. The van der Waals surface area contributed by atoms with Crippen LogP contribution in [0.5, 0.6) is 0 Å². The maximum absolute atomic E-state index is 13.2. The van der Waals surface area contributed by atoms with Gasteiger partial charge in [-0.1, -0.05) is 19.1 Å². The maximum Gasteiger partial charge on any atom is 0.427 e. The van der Waals surface area contributed by atoms with Crippen LogP contribution in [0, 0.1) is 0 Å². The lowest BCUT2D eigenvalue weighted by atomic mass is 9.90. The van der Waals surface area contributed by atoms with E-state index in [0.29, 0.717) is 6.42 Å². The van der Waals surface area contributed by atoms with Crippen molar-refractivity contribution in [2.75, 3.05) is 39.4 Å². The van der Waals surface area contributed by atoms with Crippen molar-refractivity contribution in [1.29, 1.82) is 0 Å². The minimum atomic E-state index is -4.86. The molecule has 0 aliphatic carbocycles. The minimum absolute atomic E-state index is 0.0496. The van der Waals surface area contributed by atoms with Gasteiger partial charge in [0.1, 0.15) is 0 Å². The maximum atomic E-state index is 13.2. The van der Waals surface area contributed by atoms with Gasteiger partial charge in [-0.05, 0) is 37.0 Å². The summed E-state index contributed by atoms with van der Waals surface area (Å²) in [6.07, 6.45) is -7.42. The molecule has 180 valence electrons. The molecule has 8 nitrogen and oxygen atoms in total. The normalized spacial score (nSPS) is 20.8. The molecule has 0 bridgehead atoms. The van der Waals surface area contributed by atoms with E-state index in [2.05, 4.69) is 4.74 Å². The minimum Gasteiger partial charge on any atom is -0.434 e. The largest absolute Gasteiger partial charge is 0.434 e. The number of alkyl halides is 3. The first kappa shape index (κ1) is 24.7. The summed E-state index contributed by atoms with van der Waals surface area (Å²) in [5.74, 6) is 0. The number of hydrogen-bond acceptors (Lipinski definition) is 6. The van der Waals surface area contributed by atoms with Gasteiger partial charge in [0.2, 0.25) is 16.1 Å². The highest BCUT2D eigenvalue weighted by atomic mass is 32.2. The molecule has 2 fully saturated rings. The molecule has 12 heteroatoms. The van der Waals surface area contributed by atoms with Gasteiger partial charge in [-0.15, -0.1) is 0 Å². The van der Waals surface area contributed by atoms with Gasteiger partial charge in [-0.2, -0.15) is 17.5 Å². The van der Waals surface area contributed by atoms with Crippen molar-refractivity contribution >= 4 is 16.1 Å². The Morgan fingerprint density at radius 3 is 2.56 bits per heavy atom. The van der Waals surface area contributed by atoms with Crippen LogP contribution in [0.4, 0.5) is 18.0 Å². The molecular formula is C20H27F3N2O6S. The van der Waals surface area contributed by atoms with Crippen molar-refractivity contribution in [3.63, 3.8) is 0 Å². The van der Waals surface area contributed by atoms with E-state index in [4.69, 9.17) is 9.84 Å². The van der Waals surface area contributed by atoms with E-state index in [9.17, 15) is 26.4 Å². The Morgan fingerprint density at radius 1 is 1.28 bits per heavy atom. The predicted molar refractivity (Wildman–Crippen MR) is 107 cm³/mol. The number of halogens is 3. The van der Waals surface area contributed by atoms with Gasteiger partial charge < -0.3 is 19.5 Å². The summed E-state index contributed by atoms with van der Waals surface area (Å²) in [4.78, 5) is 13.4. The third-order valence-electron chi connectivity index (χ3n) is 5.86. The summed E-state index contributed by atoms with van der Waals surface area (Å²) in [5, 5.41) is 8.84. The zero-order valence-electron chi connectivity index (χ0n) is 17.7. The molecule has 2 aliphatic heterocycles. The van der Waals surface area contributed by atoms with Crippen molar-refractivity contribution in [3.05, 3.63) is 29.8 Å². The van der Waals surface area contributed by atoms with Crippen LogP contribution < -0.4 is 0 Å². The number of benzene rings is 1. The zero-order chi connectivity index (χ0) is 23.6. The van der Waals surface area contributed by atoms with Gasteiger partial charge in [0, 0.05) is 26.2 Å². The summed E-state index contributed by atoms with van der Waals surface area (Å²) >= 11 is 0. The first-order chi connectivity index (χ1) is 15.0. The third-order valence-corrected chi connectivity index (χ3v) is 7.71. The van der Waals surface area contributed by atoms with Gasteiger partial charge in [0.05, 0.1) is 23.7 Å². The Balaban J connectivity index is 1.65. The molecule has 1 amide bonds. The van der Waals surface area contributed by atoms with E-state index in [1.165, 1.54) is 4.31 Å². The molecule has 32 heavy (non-hydrogen) atoms. The number of amides is 1. The number of nitrogens with zero attached hydrogens (tertiary/aromatic N) is 2. The number of aryl methyl sites for hydroxylation is 1. The van der Waals surface area contributed by atoms with Crippen molar-refractivity contribution in [3.8, 4) is 0 Å². The van der Waals surface area contributed by atoms with Crippen LogP contribution in [-0.2, 0) is 25.9 Å². The molecule has 2 aliphatic rings. The molecule has 1 atom stereocenters. The van der Waals surface area contributed by atoms with Crippen LogP contribution in [0.25, 0.3) is 0 Å². The van der Waals surface area contributed by atoms with Crippen LogP contribution in [-0.4, -0.2) is 86.1 Å². The smallest absolute Gasteiger partial charge is 0.427 e. The molecule has 1 spiro atoms. The second kappa shape index (κ2) is 9.54. The fourth-order valence-electron chi connectivity index (χ4n) is 3.89. The lowest BCUT2D eigenvalue weighted by Crippen LogP contribution is -2.58. The Labute approximate surface area is 184 Å². The second-order valence-electron chi connectivity index (χ2n) is 7.95. The van der Waals surface area contributed by atoms with Crippen molar-refractivity contribution < 1.29 is 41.0 Å². The zero-order valence-corrected chi connectivity index (χ0v) is 18.5. The van der Waals surface area contributed by atoms with Crippen LogP contribution >= 0.6 is 0 Å². The first-order valence-electron chi connectivity index (χ1n) is 10.4. The molecule has 1 N–H and O–H groups in total. The van der Waals surface area contributed by atoms with Crippen molar-refractivity contribution in [2.45, 2.75) is 49.0 Å². The monoisotopic (exact) mass is 480 g/mol. The van der Waals surface area contributed by atoms with Crippen LogP contribution in [0.3, 0.4) is 0 Å². The topological polar surface area (TPSA) is 96.4 Å². The Bertz CT molecular complexity index is 916. The van der Waals surface area contributed by atoms with Gasteiger partial charge >= 0.3 is 12.3 Å². The SMILES string of the molecule is CCc1cccc(S(=O)(=O)N2CCOC3(CCN(C(=O)O[C@H](CO)C(F)(F)F)CC3)C2)c1. The summed E-state index contributed by atoms with van der Waals surface area (Å²) in [6.45, 7) is 1.14. The number of aliphatic hydroxyl groups is 1. The molecule has 0 saturated carbocycles. The number of carbonyl (C=O) groups excluding carboxylic acids is 1. The first-order valence-corrected chi connectivity index (χ1v) is 11.8. The Kier molecular flexibility index (Phi) is 7.38. The molecule has 2 saturated heterocycles. The predicted octanol–water partition coefficient (Wildman–Crippen LogP) is 2.16. The molecule has 1 aromatic rings. The molecule has 3 rings (SSSR count). The second-order valence-corrected chi connectivity index (χ2v) is 9.89. The van der Waals surface area contributed by atoms with Gasteiger partial charge in [0.15, 0.2) is 0 Å². The van der Waals surface area contributed by atoms with Crippen LogP contribution in [0.2, 0.25) is 0 Å². The lowest BCUT2D eigenvalue weighted by Gasteiger charge is -2.46. The quantitative estimate of drug-likeness (QED) is 0.694. The Hall–Kier alpha value is -1.89. The number of carbonyl (C=O) groups is 1. The number of likely N-dealkylation sites (tertiary alicyclic amines) is 1. The van der Waals surface area contributed by atoms with Crippen molar-refractivity contribution in [1.82, 2.24) is 9.21 Å². The van der Waals surface area contributed by atoms with E-state index < -0.39 is 40.6 Å². The van der Waals surface area contributed by atoms with Crippen LogP contribution in [0.15, 0.2) is 29.2 Å². The van der Waals surface area contributed by atoms with E-state index in [0.717, 1.165) is 10.5 Å². The Morgan fingerprint density at radius 2 is 1.97 bits per heavy atom. The number of ether oxygens (including phenoxy) is 2. The standard InChI is InChI=1S/C20H27F3N2O6S/c1-2-15-4-3-5-16(12-15)32(28,29)25-10-11-30-19(14-25)6-8-24(9-7-19)18(27)31-17(13-26)20(21,22)23/h3-5,12,17,26H,2,6-11,13-14H2,1H3/t17-/m1/s1. The molecule has 0 aromatic heterocycles. The highest BCUT2D eigenvalue weighted by molar-refractivity contribution is 7.89. The van der Waals surface area contributed by atoms with E-state index >= 15 is 0 Å². The highest BCUT2D eigenvalue weighted by Gasteiger charge is 2.46. The molecular weight excluding hydrogens is 453 g/mol. The average molecular weight is 481 g/mol. The fourth-order valence-corrected chi connectivity index (χ4v) is 5.46. The summed E-state index contributed by atoms with van der Waals surface area (Å²) < 4.78 is 76.2.